The van der Waals surface area contributed by atoms with Crippen LogP contribution in [0.5, 0.6) is 0 Å². The summed E-state index contributed by atoms with van der Waals surface area (Å²) < 4.78 is 4.44. The first-order valence-electron chi connectivity index (χ1n) is 10.8. The highest BCUT2D eigenvalue weighted by Crippen LogP contribution is 2.09. The van der Waals surface area contributed by atoms with E-state index < -0.39 is 0 Å². The number of fused-ring (bicyclic) bond motifs is 1. The number of unbranched alkanes of at least 4 members (excludes halogenated alkanes) is 3. The molecule has 3 rings (SSSR count). The summed E-state index contributed by atoms with van der Waals surface area (Å²) in [7, 11) is 3.16. The van der Waals surface area contributed by atoms with Gasteiger partial charge in [-0.3, -0.25) is 13.9 Å². The lowest BCUT2D eigenvalue weighted by Crippen LogP contribution is -2.37. The van der Waals surface area contributed by atoms with Crippen LogP contribution in [0.2, 0.25) is 0 Å². The van der Waals surface area contributed by atoms with Crippen LogP contribution in [0.4, 0.5) is 0 Å². The van der Waals surface area contributed by atoms with Crippen LogP contribution in [0.25, 0.3) is 11.2 Å². The van der Waals surface area contributed by atoms with Crippen LogP contribution in [0.15, 0.2) is 40.2 Å². The molecule has 30 heavy (non-hydrogen) atoms. The maximum Gasteiger partial charge on any atom is 0.332 e. The minimum Gasteiger partial charge on any atom is -0.325 e. The smallest absolute Gasteiger partial charge is 0.325 e. The molecule has 0 bridgehead atoms. The highest BCUT2D eigenvalue weighted by atomic mass is 16.2. The van der Waals surface area contributed by atoms with Gasteiger partial charge in [-0.05, 0) is 45.2 Å². The number of hydrogen-bond acceptors (Lipinski definition) is 4. The van der Waals surface area contributed by atoms with Gasteiger partial charge >= 0.3 is 5.69 Å². The summed E-state index contributed by atoms with van der Waals surface area (Å²) in [5.74, 6) is 0. The fourth-order valence-electron chi connectivity index (χ4n) is 3.83. The average Bonchev–Trinajstić information content (AvgIpc) is 3.15. The summed E-state index contributed by atoms with van der Waals surface area (Å²) in [6.45, 7) is 6.10. The van der Waals surface area contributed by atoms with Gasteiger partial charge in [-0.15, -0.1) is 0 Å². The minimum atomic E-state index is -0.346. The molecule has 1 unspecified atom stereocenters. The Labute approximate surface area is 177 Å². The van der Waals surface area contributed by atoms with E-state index in [1.807, 2.05) is 4.57 Å². The van der Waals surface area contributed by atoms with Crippen molar-refractivity contribution in [2.24, 2.45) is 14.1 Å². The van der Waals surface area contributed by atoms with E-state index in [1.54, 1.807) is 13.4 Å². The molecule has 0 aliphatic heterocycles. The molecule has 162 valence electrons. The first-order chi connectivity index (χ1) is 14.4. The maximum atomic E-state index is 12.4. The Morgan fingerprint density at radius 3 is 2.43 bits per heavy atom. The molecular weight excluding hydrogens is 378 g/mol. The molecule has 0 radical (unpaired) electrons. The van der Waals surface area contributed by atoms with Gasteiger partial charge in [-0.25, -0.2) is 9.78 Å². The van der Waals surface area contributed by atoms with E-state index in [-0.39, 0.29) is 11.2 Å². The highest BCUT2D eigenvalue weighted by molar-refractivity contribution is 5.69. The van der Waals surface area contributed by atoms with Gasteiger partial charge in [0.2, 0.25) is 0 Å². The molecule has 0 amide bonds. The zero-order valence-electron chi connectivity index (χ0n) is 18.5. The lowest BCUT2D eigenvalue weighted by molar-refractivity contribution is 0.507. The molecule has 0 saturated heterocycles. The number of benzene rings is 1. The van der Waals surface area contributed by atoms with Gasteiger partial charge in [0.15, 0.2) is 11.2 Å². The van der Waals surface area contributed by atoms with Crippen LogP contribution in [0.1, 0.15) is 43.7 Å². The van der Waals surface area contributed by atoms with Crippen LogP contribution < -0.4 is 16.6 Å². The van der Waals surface area contributed by atoms with Crippen LogP contribution in [0.3, 0.4) is 0 Å². The van der Waals surface area contributed by atoms with E-state index in [4.69, 9.17) is 0 Å². The second-order valence-electron chi connectivity index (χ2n) is 8.28. The third-order valence-electron chi connectivity index (χ3n) is 5.70. The second kappa shape index (κ2) is 9.89. The molecular formula is C23H33N5O2. The predicted molar refractivity (Wildman–Crippen MR) is 121 cm³/mol. The summed E-state index contributed by atoms with van der Waals surface area (Å²) in [6, 6.07) is 9.21. The fraction of sp³-hybridized carbons (Fsp3) is 0.522. The summed E-state index contributed by atoms with van der Waals surface area (Å²) in [6.07, 6.45) is 7.08. The number of nitrogens with one attached hydrogen (secondary N) is 1. The molecule has 1 N–H and O–H groups in total. The van der Waals surface area contributed by atoms with Crippen molar-refractivity contribution in [3.05, 3.63) is 62.6 Å². The molecule has 1 aromatic carbocycles. The van der Waals surface area contributed by atoms with Gasteiger partial charge in [0, 0.05) is 26.7 Å². The first kappa shape index (κ1) is 22.0. The van der Waals surface area contributed by atoms with Crippen molar-refractivity contribution in [2.45, 2.75) is 58.5 Å². The van der Waals surface area contributed by atoms with E-state index in [9.17, 15) is 9.59 Å². The van der Waals surface area contributed by atoms with Gasteiger partial charge in [0.1, 0.15) is 0 Å². The molecule has 7 nitrogen and oxygen atoms in total. The Balaban J connectivity index is 1.39. The number of hydrogen-bond donors (Lipinski definition) is 1. The zero-order valence-corrected chi connectivity index (χ0v) is 18.5. The van der Waals surface area contributed by atoms with E-state index >= 15 is 0 Å². The van der Waals surface area contributed by atoms with E-state index in [0.717, 1.165) is 49.8 Å². The molecule has 0 aliphatic carbocycles. The average molecular weight is 412 g/mol. The summed E-state index contributed by atoms with van der Waals surface area (Å²) >= 11 is 0. The van der Waals surface area contributed by atoms with Crippen molar-refractivity contribution < 1.29 is 0 Å². The lowest BCUT2D eigenvalue weighted by atomic mass is 10.1. The van der Waals surface area contributed by atoms with Gasteiger partial charge < -0.3 is 9.88 Å². The van der Waals surface area contributed by atoms with Crippen molar-refractivity contribution in [3.63, 3.8) is 0 Å². The first-order valence-corrected chi connectivity index (χ1v) is 10.8. The van der Waals surface area contributed by atoms with Gasteiger partial charge in [0.05, 0.1) is 6.33 Å². The van der Waals surface area contributed by atoms with E-state index in [1.165, 1.54) is 22.7 Å². The molecule has 0 spiro atoms. The Morgan fingerprint density at radius 2 is 1.70 bits per heavy atom. The maximum absolute atomic E-state index is 12.4. The van der Waals surface area contributed by atoms with Crippen LogP contribution in [0, 0.1) is 6.92 Å². The van der Waals surface area contributed by atoms with Gasteiger partial charge in [-0.2, -0.15) is 0 Å². The van der Waals surface area contributed by atoms with Gasteiger partial charge in [-0.1, -0.05) is 42.7 Å². The monoisotopic (exact) mass is 411 g/mol. The summed E-state index contributed by atoms with van der Waals surface area (Å²) in [5, 5.41) is 3.61. The van der Waals surface area contributed by atoms with Crippen molar-refractivity contribution in [1.29, 1.82) is 0 Å². The molecule has 7 heteroatoms. The van der Waals surface area contributed by atoms with Gasteiger partial charge in [0.25, 0.3) is 5.56 Å². The molecule has 2 heterocycles. The van der Waals surface area contributed by atoms with Crippen molar-refractivity contribution in [2.75, 3.05) is 6.54 Å². The fourth-order valence-corrected chi connectivity index (χ4v) is 3.83. The summed E-state index contributed by atoms with van der Waals surface area (Å²) in [4.78, 5) is 28.7. The normalized spacial score (nSPS) is 12.5. The predicted octanol–water partition coefficient (Wildman–Crippen LogP) is 2.52. The largest absolute Gasteiger partial charge is 0.332 e. The zero-order chi connectivity index (χ0) is 21.7. The quantitative estimate of drug-likeness (QED) is 0.520. The molecule has 3 aromatic rings. The second-order valence-corrected chi connectivity index (χ2v) is 8.28. The van der Waals surface area contributed by atoms with Crippen molar-refractivity contribution >= 4 is 11.2 Å². The number of aryl methyl sites for hydroxylation is 3. The molecule has 1 atom stereocenters. The summed E-state index contributed by atoms with van der Waals surface area (Å²) in [5.41, 5.74) is 3.00. The third-order valence-corrected chi connectivity index (χ3v) is 5.70. The molecule has 0 aliphatic rings. The van der Waals surface area contributed by atoms with E-state index in [0.29, 0.717) is 17.2 Å². The van der Waals surface area contributed by atoms with Crippen molar-refractivity contribution in [1.82, 2.24) is 24.0 Å². The Kier molecular flexibility index (Phi) is 7.26. The highest BCUT2D eigenvalue weighted by Gasteiger charge is 2.13. The Morgan fingerprint density at radius 1 is 1.00 bits per heavy atom. The number of rotatable bonds is 10. The molecule has 2 aromatic heterocycles. The van der Waals surface area contributed by atoms with Crippen LogP contribution in [-0.2, 0) is 27.1 Å². The standard InChI is InChI=1S/C23H33N5O2/c1-17-9-11-19(12-10-17)15-18(2)24-13-7-5-6-8-14-28-16-25-21-20(28)22(29)27(4)23(30)26(21)3/h9-12,16,18,24H,5-8,13-15H2,1-4H3. The van der Waals surface area contributed by atoms with Crippen molar-refractivity contribution in [3.8, 4) is 0 Å². The van der Waals surface area contributed by atoms with Crippen LogP contribution in [-0.4, -0.2) is 31.3 Å². The number of aromatic nitrogens is 4. The van der Waals surface area contributed by atoms with Crippen LogP contribution >= 0.6 is 0 Å². The minimum absolute atomic E-state index is 0.280. The number of nitrogens with zero attached hydrogens (tertiary/aromatic N) is 4. The number of imidazole rings is 1. The van der Waals surface area contributed by atoms with E-state index in [2.05, 4.69) is 48.4 Å². The topological polar surface area (TPSA) is 73.8 Å². The Bertz CT molecular complexity index is 1090. The third kappa shape index (κ3) is 5.08. The lowest BCUT2D eigenvalue weighted by Gasteiger charge is -2.14. The Hall–Kier alpha value is -2.67. The molecule has 0 saturated carbocycles. The SMILES string of the molecule is Cc1ccc(CC(C)NCCCCCCn2cnc3c2c(=O)n(C)c(=O)n3C)cc1. The molecule has 0 fully saturated rings.